The lowest BCUT2D eigenvalue weighted by Crippen LogP contribution is -2.41. The summed E-state index contributed by atoms with van der Waals surface area (Å²) in [5, 5.41) is 0. The van der Waals surface area contributed by atoms with Crippen molar-refractivity contribution in [1.29, 1.82) is 0 Å². The summed E-state index contributed by atoms with van der Waals surface area (Å²) in [5.74, 6) is -0.502. The van der Waals surface area contributed by atoms with E-state index >= 15 is 0 Å². The largest absolute Gasteiger partial charge is 0.494 e. The molecule has 0 N–H and O–H groups in total. The first-order valence-corrected chi connectivity index (χ1v) is 10.7. The normalized spacial score (nSPS) is 18.9. The number of benzene rings is 1. The number of ether oxygens (including phenoxy) is 1. The molecule has 1 aliphatic rings. The first-order chi connectivity index (χ1) is 12.7. The second kappa shape index (κ2) is 9.32. The summed E-state index contributed by atoms with van der Waals surface area (Å²) >= 11 is 0. The minimum absolute atomic E-state index is 0.00566. The molecule has 1 heterocycles. The molecule has 150 valence electrons. The van der Waals surface area contributed by atoms with E-state index in [1.165, 1.54) is 31.4 Å². The number of carbonyl (C=O) groups excluding carboxylic acids is 1. The molecular weight excluding hydrogens is 371 g/mol. The maximum Gasteiger partial charge on any atom is 0.246 e. The zero-order valence-electron chi connectivity index (χ0n) is 16.0. The van der Waals surface area contributed by atoms with Crippen LogP contribution in [0, 0.1) is 5.82 Å². The Morgan fingerprint density at radius 3 is 2.63 bits per heavy atom. The van der Waals surface area contributed by atoms with Crippen LogP contribution in [-0.4, -0.2) is 76.0 Å². The number of rotatable bonds is 8. The van der Waals surface area contributed by atoms with Gasteiger partial charge in [0.05, 0.1) is 18.6 Å². The van der Waals surface area contributed by atoms with E-state index in [9.17, 15) is 17.6 Å². The molecular formula is C19H27FN2O4S. The van der Waals surface area contributed by atoms with Gasteiger partial charge in [0, 0.05) is 18.7 Å². The van der Waals surface area contributed by atoms with E-state index in [0.29, 0.717) is 18.5 Å². The number of carbonyl (C=O) groups is 1. The van der Waals surface area contributed by atoms with Crippen LogP contribution in [0.15, 0.2) is 24.3 Å². The smallest absolute Gasteiger partial charge is 0.246 e. The molecule has 27 heavy (non-hydrogen) atoms. The molecule has 1 aromatic carbocycles. The van der Waals surface area contributed by atoms with Crippen LogP contribution in [-0.2, 0) is 14.6 Å². The van der Waals surface area contributed by atoms with Gasteiger partial charge in [0.15, 0.2) is 21.4 Å². The number of amides is 1. The van der Waals surface area contributed by atoms with Crippen molar-refractivity contribution in [3.05, 3.63) is 35.7 Å². The summed E-state index contributed by atoms with van der Waals surface area (Å²) in [7, 11) is 2.20. The second-order valence-electron chi connectivity index (χ2n) is 6.97. The molecule has 1 aliphatic heterocycles. The number of hydrogen-bond donors (Lipinski definition) is 0. The molecule has 0 aromatic heterocycles. The van der Waals surface area contributed by atoms with Crippen molar-refractivity contribution in [3.8, 4) is 5.75 Å². The Bertz CT molecular complexity index is 793. The summed E-state index contributed by atoms with van der Waals surface area (Å²) in [6.07, 6.45) is 4.12. The number of hydrogen-bond acceptors (Lipinski definition) is 5. The standard InChI is InChI=1S/C19H27FN2O4S/c1-21(2)10-4-11-22(16-9-12-27(24,25)14-16)19(23)8-6-15-5-7-18(26-3)17(20)13-15/h5-8,13,16H,4,9-12,14H2,1-3H3/b8-6+. The average molecular weight is 399 g/mol. The molecule has 6 nitrogen and oxygen atoms in total. The molecule has 0 aliphatic carbocycles. The molecule has 0 bridgehead atoms. The Morgan fingerprint density at radius 1 is 1.33 bits per heavy atom. The van der Waals surface area contributed by atoms with Crippen molar-refractivity contribution >= 4 is 21.8 Å². The highest BCUT2D eigenvalue weighted by Crippen LogP contribution is 2.20. The van der Waals surface area contributed by atoms with Crippen molar-refractivity contribution in [1.82, 2.24) is 9.80 Å². The second-order valence-corrected chi connectivity index (χ2v) is 9.20. The molecule has 8 heteroatoms. The lowest BCUT2D eigenvalue weighted by atomic mass is 10.1. The van der Waals surface area contributed by atoms with Gasteiger partial charge < -0.3 is 14.5 Å². The third kappa shape index (κ3) is 6.32. The first-order valence-electron chi connectivity index (χ1n) is 8.89. The summed E-state index contributed by atoms with van der Waals surface area (Å²) in [6, 6.07) is 4.14. The van der Waals surface area contributed by atoms with Crippen molar-refractivity contribution in [2.24, 2.45) is 0 Å². The Kier molecular flexibility index (Phi) is 7.38. The average Bonchev–Trinajstić information content (AvgIpc) is 2.96. The lowest BCUT2D eigenvalue weighted by Gasteiger charge is -2.27. The zero-order valence-corrected chi connectivity index (χ0v) is 16.8. The Balaban J connectivity index is 2.11. The van der Waals surface area contributed by atoms with Crippen LogP contribution in [0.1, 0.15) is 18.4 Å². The van der Waals surface area contributed by atoms with E-state index < -0.39 is 15.7 Å². The van der Waals surface area contributed by atoms with Crippen LogP contribution >= 0.6 is 0 Å². The fraction of sp³-hybridized carbons (Fsp3) is 0.526. The van der Waals surface area contributed by atoms with Gasteiger partial charge in [-0.25, -0.2) is 12.8 Å². The maximum atomic E-state index is 13.8. The van der Waals surface area contributed by atoms with Gasteiger partial charge in [0.2, 0.25) is 5.91 Å². The van der Waals surface area contributed by atoms with E-state index in [2.05, 4.69) is 0 Å². The molecule has 1 aromatic rings. The lowest BCUT2D eigenvalue weighted by molar-refractivity contribution is -0.127. The fourth-order valence-corrected chi connectivity index (χ4v) is 4.83. The molecule has 1 atom stereocenters. The Morgan fingerprint density at radius 2 is 2.07 bits per heavy atom. The summed E-state index contributed by atoms with van der Waals surface area (Å²) < 4.78 is 42.3. The predicted molar refractivity (Wildman–Crippen MR) is 104 cm³/mol. The summed E-state index contributed by atoms with van der Waals surface area (Å²) in [6.45, 7) is 1.29. The molecule has 0 radical (unpaired) electrons. The fourth-order valence-electron chi connectivity index (χ4n) is 3.10. The van der Waals surface area contributed by atoms with E-state index in [-0.39, 0.29) is 29.2 Å². The summed E-state index contributed by atoms with van der Waals surface area (Å²) in [5.41, 5.74) is 0.536. The van der Waals surface area contributed by atoms with Gasteiger partial charge >= 0.3 is 0 Å². The Labute approximate surface area is 160 Å². The molecule has 1 saturated heterocycles. The number of halogens is 1. The highest BCUT2D eigenvalue weighted by molar-refractivity contribution is 7.91. The maximum absolute atomic E-state index is 13.8. The highest BCUT2D eigenvalue weighted by atomic mass is 32.2. The van der Waals surface area contributed by atoms with Gasteiger partial charge in [-0.15, -0.1) is 0 Å². The quantitative estimate of drug-likeness (QED) is 0.625. The molecule has 0 spiro atoms. The minimum atomic E-state index is -3.09. The zero-order chi connectivity index (χ0) is 20.0. The van der Waals surface area contributed by atoms with Crippen LogP contribution in [0.25, 0.3) is 6.08 Å². The molecule has 1 amide bonds. The number of nitrogens with zero attached hydrogens (tertiary/aromatic N) is 2. The third-order valence-electron chi connectivity index (χ3n) is 4.53. The Hall–Kier alpha value is -1.93. The van der Waals surface area contributed by atoms with Gasteiger partial charge in [-0.05, 0) is 57.3 Å². The van der Waals surface area contributed by atoms with Crippen molar-refractivity contribution in [2.45, 2.75) is 18.9 Å². The monoisotopic (exact) mass is 398 g/mol. The first kappa shape index (κ1) is 21.4. The van der Waals surface area contributed by atoms with Crippen LogP contribution in [0.2, 0.25) is 0 Å². The van der Waals surface area contributed by atoms with Crippen molar-refractivity contribution < 1.29 is 22.3 Å². The predicted octanol–water partition coefficient (Wildman–Crippen LogP) is 1.81. The van der Waals surface area contributed by atoms with Crippen molar-refractivity contribution in [2.75, 3.05) is 45.8 Å². The van der Waals surface area contributed by atoms with E-state index in [4.69, 9.17) is 4.74 Å². The third-order valence-corrected chi connectivity index (χ3v) is 6.28. The van der Waals surface area contributed by atoms with Crippen LogP contribution in [0.4, 0.5) is 4.39 Å². The minimum Gasteiger partial charge on any atom is -0.494 e. The van der Waals surface area contributed by atoms with E-state index in [0.717, 1.165) is 13.0 Å². The van der Waals surface area contributed by atoms with Gasteiger partial charge in [0.1, 0.15) is 0 Å². The molecule has 1 unspecified atom stereocenters. The van der Waals surface area contributed by atoms with Crippen molar-refractivity contribution in [3.63, 3.8) is 0 Å². The van der Waals surface area contributed by atoms with Gasteiger partial charge in [-0.2, -0.15) is 0 Å². The highest BCUT2D eigenvalue weighted by Gasteiger charge is 2.33. The molecule has 0 saturated carbocycles. The SMILES string of the molecule is COc1ccc(/C=C/C(=O)N(CCCN(C)C)C2CCS(=O)(=O)C2)cc1F. The van der Waals surface area contributed by atoms with Crippen LogP contribution in [0.5, 0.6) is 5.75 Å². The van der Waals surface area contributed by atoms with E-state index in [1.807, 2.05) is 19.0 Å². The topological polar surface area (TPSA) is 66.9 Å². The number of methoxy groups -OCH3 is 1. The van der Waals surface area contributed by atoms with Gasteiger partial charge in [0.25, 0.3) is 0 Å². The number of sulfone groups is 1. The summed E-state index contributed by atoms with van der Waals surface area (Å²) in [4.78, 5) is 16.4. The van der Waals surface area contributed by atoms with Gasteiger partial charge in [-0.1, -0.05) is 6.07 Å². The van der Waals surface area contributed by atoms with E-state index in [1.54, 1.807) is 11.0 Å². The van der Waals surface area contributed by atoms with Crippen LogP contribution < -0.4 is 4.74 Å². The van der Waals surface area contributed by atoms with Crippen LogP contribution in [0.3, 0.4) is 0 Å². The molecule has 1 fully saturated rings. The molecule has 2 rings (SSSR count). The van der Waals surface area contributed by atoms with Gasteiger partial charge in [-0.3, -0.25) is 4.79 Å².